The number of hydrogen-bond acceptors (Lipinski definition) is 4. The van der Waals surface area contributed by atoms with E-state index in [2.05, 4.69) is 5.32 Å². The molecule has 2 amide bonds. The fourth-order valence-corrected chi connectivity index (χ4v) is 2.47. The van der Waals surface area contributed by atoms with Crippen molar-refractivity contribution < 1.29 is 24.2 Å². The smallest absolute Gasteiger partial charge is 0.334 e. The van der Waals surface area contributed by atoms with Gasteiger partial charge in [-0.3, -0.25) is 9.59 Å². The molecule has 0 radical (unpaired) electrons. The van der Waals surface area contributed by atoms with Crippen molar-refractivity contribution in [2.45, 2.75) is 19.4 Å². The third kappa shape index (κ3) is 4.07. The lowest BCUT2D eigenvalue weighted by Gasteiger charge is -2.17. The van der Waals surface area contributed by atoms with Crippen LogP contribution in [0.25, 0.3) is 0 Å². The molecule has 7 nitrogen and oxygen atoms in total. The van der Waals surface area contributed by atoms with Crippen LogP contribution in [0.1, 0.15) is 12.0 Å². The molecule has 0 saturated carbocycles. The molecule has 2 N–H and O–H groups in total. The molecule has 0 aromatic heterocycles. The number of carbonyl (C=O) groups excluding carboxylic acids is 2. The molecule has 1 aliphatic rings. The van der Waals surface area contributed by atoms with Crippen LogP contribution in [-0.4, -0.2) is 49.2 Å². The van der Waals surface area contributed by atoms with Gasteiger partial charge in [0.05, 0.1) is 12.5 Å². The van der Waals surface area contributed by atoms with E-state index >= 15 is 0 Å². The number of methoxy groups -OCH3 is 1. The normalized spacial score (nSPS) is 18.8. The Labute approximate surface area is 134 Å². The molecule has 1 saturated heterocycles. The molecular formula is C16H20N2O5. The lowest BCUT2D eigenvalue weighted by molar-refractivity contribution is -0.148. The summed E-state index contributed by atoms with van der Waals surface area (Å²) >= 11 is 0. The fraction of sp³-hybridized carbons (Fsp3) is 0.438. The summed E-state index contributed by atoms with van der Waals surface area (Å²) < 4.78 is 4.76. The average molecular weight is 320 g/mol. The SMILES string of the molecule is COC(CNC(=O)C1CC(=O)N(c2ccc(C)cc2)C1)C(=O)O. The van der Waals surface area contributed by atoms with E-state index in [-0.39, 0.29) is 24.8 Å². The Morgan fingerprint density at radius 2 is 2.04 bits per heavy atom. The van der Waals surface area contributed by atoms with Crippen LogP contribution in [0, 0.1) is 12.8 Å². The van der Waals surface area contributed by atoms with Gasteiger partial charge >= 0.3 is 5.97 Å². The Kier molecular flexibility index (Phi) is 5.33. The second kappa shape index (κ2) is 7.23. The molecule has 0 bridgehead atoms. The number of nitrogens with one attached hydrogen (secondary N) is 1. The molecule has 2 rings (SSSR count). The van der Waals surface area contributed by atoms with Crippen LogP contribution in [0.4, 0.5) is 5.69 Å². The lowest BCUT2D eigenvalue weighted by atomic mass is 10.1. The van der Waals surface area contributed by atoms with E-state index < -0.39 is 18.0 Å². The summed E-state index contributed by atoms with van der Waals surface area (Å²) in [5.74, 6) is -2.08. The molecule has 7 heteroatoms. The maximum absolute atomic E-state index is 12.1. The first-order valence-electron chi connectivity index (χ1n) is 7.32. The van der Waals surface area contributed by atoms with Gasteiger partial charge < -0.3 is 20.1 Å². The minimum Gasteiger partial charge on any atom is -0.479 e. The zero-order valence-electron chi connectivity index (χ0n) is 13.1. The number of hydrogen-bond donors (Lipinski definition) is 2. The Balaban J connectivity index is 1.95. The highest BCUT2D eigenvalue weighted by molar-refractivity contribution is 6.00. The van der Waals surface area contributed by atoms with Gasteiger partial charge in [0, 0.05) is 25.8 Å². The quantitative estimate of drug-likeness (QED) is 0.798. The van der Waals surface area contributed by atoms with E-state index in [1.165, 1.54) is 7.11 Å². The number of carboxylic acids is 1. The summed E-state index contributed by atoms with van der Waals surface area (Å²) in [6.45, 7) is 2.12. The Hall–Kier alpha value is -2.41. The molecule has 0 aliphatic carbocycles. The van der Waals surface area contributed by atoms with Gasteiger partial charge in [-0.25, -0.2) is 4.79 Å². The molecule has 1 heterocycles. The number of aryl methyl sites for hydroxylation is 1. The van der Waals surface area contributed by atoms with Gasteiger partial charge in [-0.15, -0.1) is 0 Å². The highest BCUT2D eigenvalue weighted by atomic mass is 16.5. The van der Waals surface area contributed by atoms with Crippen LogP contribution in [-0.2, 0) is 19.1 Å². The molecule has 23 heavy (non-hydrogen) atoms. The highest BCUT2D eigenvalue weighted by Gasteiger charge is 2.35. The first-order valence-corrected chi connectivity index (χ1v) is 7.32. The summed E-state index contributed by atoms with van der Waals surface area (Å²) in [4.78, 5) is 36.7. The number of anilines is 1. The van der Waals surface area contributed by atoms with Gasteiger partial charge in [0.2, 0.25) is 11.8 Å². The third-order valence-corrected chi connectivity index (χ3v) is 3.86. The van der Waals surface area contributed by atoms with Gasteiger partial charge in [0.1, 0.15) is 0 Å². The first kappa shape index (κ1) is 17.0. The molecule has 2 unspecified atom stereocenters. The highest BCUT2D eigenvalue weighted by Crippen LogP contribution is 2.25. The van der Waals surface area contributed by atoms with E-state index in [4.69, 9.17) is 9.84 Å². The summed E-state index contributed by atoms with van der Waals surface area (Å²) in [6, 6.07) is 7.51. The Bertz CT molecular complexity index is 599. The monoisotopic (exact) mass is 320 g/mol. The van der Waals surface area contributed by atoms with Gasteiger partial charge in [0.15, 0.2) is 6.10 Å². The largest absolute Gasteiger partial charge is 0.479 e. The van der Waals surface area contributed by atoms with Crippen LogP contribution in [0.3, 0.4) is 0 Å². The van der Waals surface area contributed by atoms with Crippen LogP contribution < -0.4 is 10.2 Å². The minimum atomic E-state index is -1.14. The molecule has 1 aromatic carbocycles. The lowest BCUT2D eigenvalue weighted by Crippen LogP contribution is -2.41. The predicted molar refractivity (Wildman–Crippen MR) is 83.1 cm³/mol. The number of amides is 2. The maximum atomic E-state index is 12.1. The van der Waals surface area contributed by atoms with Crippen LogP contribution >= 0.6 is 0 Å². The second-order valence-electron chi connectivity index (χ2n) is 5.55. The van der Waals surface area contributed by atoms with Crippen molar-refractivity contribution >= 4 is 23.5 Å². The van der Waals surface area contributed by atoms with Crippen molar-refractivity contribution in [3.8, 4) is 0 Å². The number of carboxylic acid groups (broad SMARTS) is 1. The second-order valence-corrected chi connectivity index (χ2v) is 5.55. The summed E-state index contributed by atoms with van der Waals surface area (Å²) in [6.07, 6.45) is -0.978. The zero-order chi connectivity index (χ0) is 17.0. The van der Waals surface area contributed by atoms with E-state index in [9.17, 15) is 14.4 Å². The minimum absolute atomic E-state index is 0.115. The van der Waals surface area contributed by atoms with E-state index in [1.54, 1.807) is 4.90 Å². The molecule has 2 atom stereocenters. The molecule has 1 aromatic rings. The zero-order valence-corrected chi connectivity index (χ0v) is 13.1. The molecule has 1 fully saturated rings. The van der Waals surface area contributed by atoms with Crippen molar-refractivity contribution in [1.82, 2.24) is 5.32 Å². The number of ether oxygens (including phenoxy) is 1. The van der Waals surface area contributed by atoms with Crippen molar-refractivity contribution in [2.75, 3.05) is 25.1 Å². The van der Waals surface area contributed by atoms with Crippen molar-refractivity contribution in [1.29, 1.82) is 0 Å². The van der Waals surface area contributed by atoms with Gasteiger partial charge in [0.25, 0.3) is 0 Å². The van der Waals surface area contributed by atoms with Crippen molar-refractivity contribution in [3.05, 3.63) is 29.8 Å². The van der Waals surface area contributed by atoms with E-state index in [0.717, 1.165) is 11.3 Å². The average Bonchev–Trinajstić information content (AvgIpc) is 2.90. The van der Waals surface area contributed by atoms with Gasteiger partial charge in [-0.1, -0.05) is 17.7 Å². The van der Waals surface area contributed by atoms with Crippen molar-refractivity contribution in [2.24, 2.45) is 5.92 Å². The van der Waals surface area contributed by atoms with E-state index in [0.29, 0.717) is 6.54 Å². The third-order valence-electron chi connectivity index (χ3n) is 3.86. The molecule has 1 aliphatic heterocycles. The number of benzene rings is 1. The van der Waals surface area contributed by atoms with Gasteiger partial charge in [-0.05, 0) is 19.1 Å². The number of aliphatic carboxylic acids is 1. The summed E-state index contributed by atoms with van der Waals surface area (Å²) in [5, 5.41) is 11.4. The molecular weight excluding hydrogens is 300 g/mol. The molecule has 124 valence electrons. The van der Waals surface area contributed by atoms with Crippen LogP contribution in [0.5, 0.6) is 0 Å². The standard InChI is InChI=1S/C16H20N2O5/c1-10-3-5-12(6-4-10)18-9-11(7-14(18)19)15(20)17-8-13(23-2)16(21)22/h3-6,11,13H,7-9H2,1-2H3,(H,17,20)(H,21,22). The summed E-state index contributed by atoms with van der Waals surface area (Å²) in [7, 11) is 1.27. The number of nitrogens with zero attached hydrogens (tertiary/aromatic N) is 1. The van der Waals surface area contributed by atoms with E-state index in [1.807, 2.05) is 31.2 Å². The topological polar surface area (TPSA) is 95.9 Å². The molecule has 0 spiro atoms. The predicted octanol–water partition coefficient (Wildman–Crippen LogP) is 0.564. The summed E-state index contributed by atoms with van der Waals surface area (Å²) in [5.41, 5.74) is 1.85. The van der Waals surface area contributed by atoms with Crippen LogP contribution in [0.15, 0.2) is 24.3 Å². The Morgan fingerprint density at radius 1 is 1.39 bits per heavy atom. The maximum Gasteiger partial charge on any atom is 0.334 e. The van der Waals surface area contributed by atoms with Crippen molar-refractivity contribution in [3.63, 3.8) is 0 Å². The number of carbonyl (C=O) groups is 3. The first-order chi connectivity index (χ1) is 10.9. The Morgan fingerprint density at radius 3 is 2.61 bits per heavy atom. The fourth-order valence-electron chi connectivity index (χ4n) is 2.47. The van der Waals surface area contributed by atoms with Gasteiger partial charge in [-0.2, -0.15) is 0 Å². The van der Waals surface area contributed by atoms with Crippen LogP contribution in [0.2, 0.25) is 0 Å². The number of rotatable bonds is 6.